The number of rotatable bonds is 4. The molecular weight excluding hydrogens is 292 g/mol. The van der Waals surface area contributed by atoms with Crippen molar-refractivity contribution in [3.63, 3.8) is 0 Å². The SMILES string of the molecule is BrCC=Cc1ccc(Sc2ccccc2)cc1. The minimum absolute atomic E-state index is 0.896. The number of hydrogen-bond donors (Lipinski definition) is 0. The Balaban J connectivity index is 2.06. The summed E-state index contributed by atoms with van der Waals surface area (Å²) in [6.45, 7) is 0. The molecule has 2 aromatic rings. The van der Waals surface area contributed by atoms with Gasteiger partial charge in [0.15, 0.2) is 0 Å². The molecule has 0 unspecified atom stereocenters. The van der Waals surface area contributed by atoms with E-state index in [1.54, 1.807) is 11.8 Å². The number of alkyl halides is 1. The average Bonchev–Trinajstić information content (AvgIpc) is 2.39. The van der Waals surface area contributed by atoms with Crippen LogP contribution in [0.25, 0.3) is 6.08 Å². The highest BCUT2D eigenvalue weighted by Crippen LogP contribution is 2.27. The second-order valence-electron chi connectivity index (χ2n) is 3.54. The normalized spacial score (nSPS) is 10.9. The van der Waals surface area contributed by atoms with Gasteiger partial charge in [0.2, 0.25) is 0 Å². The summed E-state index contributed by atoms with van der Waals surface area (Å²) in [5.74, 6) is 0. The van der Waals surface area contributed by atoms with Crippen LogP contribution in [0.5, 0.6) is 0 Å². The van der Waals surface area contributed by atoms with E-state index in [1.165, 1.54) is 15.4 Å². The van der Waals surface area contributed by atoms with Crippen LogP contribution in [0.3, 0.4) is 0 Å². The third kappa shape index (κ3) is 4.06. The summed E-state index contributed by atoms with van der Waals surface area (Å²) in [5.41, 5.74) is 1.24. The smallest absolute Gasteiger partial charge is 0.0215 e. The molecule has 2 aromatic carbocycles. The molecule has 2 heteroatoms. The third-order valence-electron chi connectivity index (χ3n) is 2.26. The number of hydrogen-bond acceptors (Lipinski definition) is 1. The lowest BCUT2D eigenvalue weighted by Crippen LogP contribution is -1.75. The molecular formula is C15H13BrS. The summed E-state index contributed by atoms with van der Waals surface area (Å²) < 4.78 is 0. The minimum atomic E-state index is 0.896. The van der Waals surface area contributed by atoms with E-state index in [2.05, 4.69) is 76.6 Å². The van der Waals surface area contributed by atoms with Crippen molar-refractivity contribution < 1.29 is 0 Å². The maximum Gasteiger partial charge on any atom is 0.0215 e. The van der Waals surface area contributed by atoms with Crippen molar-refractivity contribution in [1.29, 1.82) is 0 Å². The van der Waals surface area contributed by atoms with Crippen LogP contribution in [0.2, 0.25) is 0 Å². The van der Waals surface area contributed by atoms with Crippen molar-refractivity contribution in [3.05, 3.63) is 66.2 Å². The maximum absolute atomic E-state index is 3.37. The monoisotopic (exact) mass is 304 g/mol. The molecule has 0 aromatic heterocycles. The Morgan fingerprint density at radius 3 is 2.18 bits per heavy atom. The van der Waals surface area contributed by atoms with Gasteiger partial charge in [-0.25, -0.2) is 0 Å². The van der Waals surface area contributed by atoms with Crippen LogP contribution in [0.4, 0.5) is 0 Å². The standard InChI is InChI=1S/C15H13BrS/c16-12-4-5-13-8-10-15(11-9-13)17-14-6-2-1-3-7-14/h1-11H,12H2. The summed E-state index contributed by atoms with van der Waals surface area (Å²) in [4.78, 5) is 2.54. The number of halogens is 1. The van der Waals surface area contributed by atoms with Gasteiger partial charge in [0.05, 0.1) is 0 Å². The fraction of sp³-hybridized carbons (Fsp3) is 0.0667. The van der Waals surface area contributed by atoms with Gasteiger partial charge in [-0.1, -0.05) is 70.2 Å². The molecule has 0 atom stereocenters. The molecule has 0 nitrogen and oxygen atoms in total. The Hall–Kier alpha value is -0.990. The first-order valence-electron chi connectivity index (χ1n) is 5.44. The van der Waals surface area contributed by atoms with Crippen LogP contribution in [0, 0.1) is 0 Å². The minimum Gasteiger partial charge on any atom is -0.0901 e. The lowest BCUT2D eigenvalue weighted by atomic mass is 10.2. The fourth-order valence-corrected chi connectivity index (χ4v) is 2.48. The van der Waals surface area contributed by atoms with E-state index in [0.717, 1.165) is 5.33 Å². The van der Waals surface area contributed by atoms with Crippen molar-refractivity contribution in [2.24, 2.45) is 0 Å². The van der Waals surface area contributed by atoms with Crippen molar-refractivity contribution in [2.75, 3.05) is 5.33 Å². The highest BCUT2D eigenvalue weighted by Gasteiger charge is 1.95. The summed E-state index contributed by atoms with van der Waals surface area (Å²) in [6.07, 6.45) is 4.21. The van der Waals surface area contributed by atoms with Crippen LogP contribution < -0.4 is 0 Å². The van der Waals surface area contributed by atoms with Gasteiger partial charge < -0.3 is 0 Å². The van der Waals surface area contributed by atoms with Crippen LogP contribution in [-0.2, 0) is 0 Å². The molecule has 2 rings (SSSR count). The Morgan fingerprint density at radius 1 is 0.882 bits per heavy atom. The Kier molecular flexibility index (Phi) is 4.89. The van der Waals surface area contributed by atoms with Gasteiger partial charge >= 0.3 is 0 Å². The van der Waals surface area contributed by atoms with Crippen molar-refractivity contribution in [3.8, 4) is 0 Å². The van der Waals surface area contributed by atoms with Crippen molar-refractivity contribution in [1.82, 2.24) is 0 Å². The van der Waals surface area contributed by atoms with E-state index in [-0.39, 0.29) is 0 Å². The Bertz CT molecular complexity index is 474. The average molecular weight is 305 g/mol. The Morgan fingerprint density at radius 2 is 1.53 bits per heavy atom. The largest absolute Gasteiger partial charge is 0.0901 e. The molecule has 0 saturated heterocycles. The van der Waals surface area contributed by atoms with Gasteiger partial charge in [-0.2, -0.15) is 0 Å². The second kappa shape index (κ2) is 6.67. The number of benzene rings is 2. The van der Waals surface area contributed by atoms with Gasteiger partial charge in [0.1, 0.15) is 0 Å². The van der Waals surface area contributed by atoms with Crippen LogP contribution in [0.15, 0.2) is 70.5 Å². The zero-order valence-corrected chi connectivity index (χ0v) is 11.7. The van der Waals surface area contributed by atoms with Gasteiger partial charge in [-0.05, 0) is 29.8 Å². The van der Waals surface area contributed by atoms with Crippen molar-refractivity contribution in [2.45, 2.75) is 9.79 Å². The molecule has 0 aliphatic rings. The topological polar surface area (TPSA) is 0 Å². The molecule has 0 spiro atoms. The molecule has 0 radical (unpaired) electrons. The lowest BCUT2D eigenvalue weighted by Gasteiger charge is -2.01. The van der Waals surface area contributed by atoms with Gasteiger partial charge in [-0.15, -0.1) is 0 Å². The quantitative estimate of drug-likeness (QED) is 0.696. The Labute approximate surface area is 115 Å². The van der Waals surface area contributed by atoms with Gasteiger partial charge in [0.25, 0.3) is 0 Å². The van der Waals surface area contributed by atoms with E-state index in [9.17, 15) is 0 Å². The molecule has 0 aliphatic carbocycles. The molecule has 86 valence electrons. The van der Waals surface area contributed by atoms with E-state index < -0.39 is 0 Å². The van der Waals surface area contributed by atoms with Crippen molar-refractivity contribution >= 4 is 33.8 Å². The summed E-state index contributed by atoms with van der Waals surface area (Å²) in [7, 11) is 0. The predicted octanol–water partition coefficient (Wildman–Crippen LogP) is 5.25. The van der Waals surface area contributed by atoms with Crippen LogP contribution in [0.1, 0.15) is 5.56 Å². The number of allylic oxidation sites excluding steroid dienone is 1. The van der Waals surface area contributed by atoms with Gasteiger partial charge in [0, 0.05) is 15.1 Å². The molecule has 0 amide bonds. The molecule has 0 bridgehead atoms. The van der Waals surface area contributed by atoms with E-state index in [0.29, 0.717) is 0 Å². The first-order valence-corrected chi connectivity index (χ1v) is 7.38. The summed E-state index contributed by atoms with van der Waals surface area (Å²) in [6, 6.07) is 19.0. The summed E-state index contributed by atoms with van der Waals surface area (Å²) >= 11 is 5.16. The first-order chi connectivity index (χ1) is 8.38. The van der Waals surface area contributed by atoms with Gasteiger partial charge in [-0.3, -0.25) is 0 Å². The molecule has 0 N–H and O–H groups in total. The molecule has 0 fully saturated rings. The molecule has 0 heterocycles. The molecule has 0 aliphatic heterocycles. The lowest BCUT2D eigenvalue weighted by molar-refractivity contribution is 1.40. The van der Waals surface area contributed by atoms with E-state index >= 15 is 0 Å². The predicted molar refractivity (Wildman–Crippen MR) is 79.8 cm³/mol. The summed E-state index contributed by atoms with van der Waals surface area (Å²) in [5, 5.41) is 0.896. The van der Waals surface area contributed by atoms with Crippen LogP contribution in [-0.4, -0.2) is 5.33 Å². The molecule has 0 saturated carbocycles. The highest BCUT2D eigenvalue weighted by atomic mass is 79.9. The molecule has 17 heavy (non-hydrogen) atoms. The zero-order valence-electron chi connectivity index (χ0n) is 9.34. The third-order valence-corrected chi connectivity index (χ3v) is 3.65. The first kappa shape index (κ1) is 12.5. The van der Waals surface area contributed by atoms with E-state index in [1.807, 2.05) is 6.07 Å². The highest BCUT2D eigenvalue weighted by molar-refractivity contribution is 9.09. The zero-order chi connectivity index (χ0) is 11.9. The second-order valence-corrected chi connectivity index (χ2v) is 5.34. The fourth-order valence-electron chi connectivity index (χ4n) is 1.45. The van der Waals surface area contributed by atoms with Crippen LogP contribution >= 0.6 is 27.7 Å². The maximum atomic E-state index is 3.37. The van der Waals surface area contributed by atoms with E-state index in [4.69, 9.17) is 0 Å².